The van der Waals surface area contributed by atoms with Crippen LogP contribution >= 0.6 is 11.3 Å². The van der Waals surface area contributed by atoms with E-state index in [9.17, 15) is 4.79 Å². The normalized spacial score (nSPS) is 11.9. The number of benzene rings is 1. The zero-order chi connectivity index (χ0) is 13.7. The molecule has 2 aromatic rings. The molecule has 19 heavy (non-hydrogen) atoms. The second kappa shape index (κ2) is 6.29. The lowest BCUT2D eigenvalue weighted by Crippen LogP contribution is -2.10. The van der Waals surface area contributed by atoms with Gasteiger partial charge in [-0.1, -0.05) is 48.6 Å². The number of hydrogen-bond acceptors (Lipinski definition) is 5. The Morgan fingerprint density at radius 1 is 1.37 bits per heavy atom. The summed E-state index contributed by atoms with van der Waals surface area (Å²) in [5, 5.41) is 12.0. The SMILES string of the molecule is CC[C@@H](c1ccccc1)c1nnc(NC(=O)OC)s1. The standard InChI is InChI=1S/C13H15N3O2S/c1-3-10(9-7-5-4-6-8-9)11-15-16-12(19-11)14-13(17)18-2/h4-8,10H,3H2,1-2H3,(H,14,16,17)/t10-/m0/s1. The Morgan fingerprint density at radius 3 is 2.74 bits per heavy atom. The molecule has 0 spiro atoms. The van der Waals surface area contributed by atoms with E-state index in [1.165, 1.54) is 24.0 Å². The molecule has 0 unspecified atom stereocenters. The van der Waals surface area contributed by atoms with Crippen molar-refractivity contribution in [3.63, 3.8) is 0 Å². The molecular weight excluding hydrogens is 262 g/mol. The minimum atomic E-state index is -0.532. The monoisotopic (exact) mass is 277 g/mol. The lowest BCUT2D eigenvalue weighted by atomic mass is 9.97. The molecule has 0 aliphatic heterocycles. The molecule has 1 N–H and O–H groups in total. The fourth-order valence-electron chi connectivity index (χ4n) is 1.80. The number of methoxy groups -OCH3 is 1. The molecule has 100 valence electrons. The average Bonchev–Trinajstić information content (AvgIpc) is 2.89. The number of aromatic nitrogens is 2. The predicted octanol–water partition coefficient (Wildman–Crippen LogP) is 3.26. The van der Waals surface area contributed by atoms with E-state index >= 15 is 0 Å². The van der Waals surface area contributed by atoms with E-state index in [0.717, 1.165) is 11.4 Å². The molecule has 1 heterocycles. The molecule has 2 rings (SSSR count). The Bertz CT molecular complexity index is 542. The van der Waals surface area contributed by atoms with Crippen LogP contribution in [0.3, 0.4) is 0 Å². The van der Waals surface area contributed by atoms with Crippen LogP contribution < -0.4 is 5.32 Å². The van der Waals surface area contributed by atoms with Gasteiger partial charge >= 0.3 is 6.09 Å². The van der Waals surface area contributed by atoms with Crippen LogP contribution in [-0.4, -0.2) is 23.4 Å². The minimum Gasteiger partial charge on any atom is -0.453 e. The summed E-state index contributed by atoms with van der Waals surface area (Å²) in [6.07, 6.45) is 0.395. The zero-order valence-electron chi connectivity index (χ0n) is 10.8. The Labute approximate surface area is 115 Å². The van der Waals surface area contributed by atoms with Crippen molar-refractivity contribution in [2.75, 3.05) is 12.4 Å². The molecule has 0 aliphatic rings. The highest BCUT2D eigenvalue weighted by atomic mass is 32.1. The highest BCUT2D eigenvalue weighted by molar-refractivity contribution is 7.15. The van der Waals surface area contributed by atoms with Gasteiger partial charge in [-0.2, -0.15) is 0 Å². The van der Waals surface area contributed by atoms with Crippen LogP contribution in [-0.2, 0) is 4.74 Å². The van der Waals surface area contributed by atoms with Gasteiger partial charge in [0.25, 0.3) is 0 Å². The third-order valence-electron chi connectivity index (χ3n) is 2.74. The number of rotatable bonds is 4. The fraction of sp³-hybridized carbons (Fsp3) is 0.308. The first-order chi connectivity index (χ1) is 9.24. The Hall–Kier alpha value is -1.95. The first kappa shape index (κ1) is 13.5. The molecule has 0 fully saturated rings. The summed E-state index contributed by atoms with van der Waals surface area (Å²) in [6, 6.07) is 10.1. The van der Waals surface area contributed by atoms with Crippen molar-refractivity contribution in [1.29, 1.82) is 0 Å². The number of nitrogens with zero attached hydrogens (tertiary/aromatic N) is 2. The van der Waals surface area contributed by atoms with Crippen molar-refractivity contribution in [1.82, 2.24) is 10.2 Å². The molecule has 6 heteroatoms. The Kier molecular flexibility index (Phi) is 4.46. The van der Waals surface area contributed by atoms with Crippen LogP contribution in [0.25, 0.3) is 0 Å². The third kappa shape index (κ3) is 3.29. The van der Waals surface area contributed by atoms with E-state index in [0.29, 0.717) is 5.13 Å². The van der Waals surface area contributed by atoms with Crippen molar-refractivity contribution in [3.8, 4) is 0 Å². The number of nitrogens with one attached hydrogen (secondary N) is 1. The highest BCUT2D eigenvalue weighted by Gasteiger charge is 2.17. The Morgan fingerprint density at radius 2 is 2.11 bits per heavy atom. The maximum absolute atomic E-state index is 11.1. The molecule has 0 saturated carbocycles. The number of amides is 1. The maximum atomic E-state index is 11.1. The molecule has 0 radical (unpaired) electrons. The first-order valence-corrected chi connectivity index (χ1v) is 6.79. The number of ether oxygens (including phenoxy) is 1. The molecule has 0 aliphatic carbocycles. The van der Waals surface area contributed by atoms with E-state index in [1.54, 1.807) is 0 Å². The van der Waals surface area contributed by atoms with Crippen molar-refractivity contribution in [2.45, 2.75) is 19.3 Å². The number of anilines is 1. The van der Waals surface area contributed by atoms with Crippen LogP contribution in [0.1, 0.15) is 29.8 Å². The van der Waals surface area contributed by atoms with Gasteiger partial charge in [0, 0.05) is 5.92 Å². The van der Waals surface area contributed by atoms with Gasteiger partial charge in [0.05, 0.1) is 7.11 Å². The van der Waals surface area contributed by atoms with Gasteiger partial charge in [0.15, 0.2) is 0 Å². The minimum absolute atomic E-state index is 0.201. The fourth-order valence-corrected chi connectivity index (χ4v) is 2.74. The molecule has 0 bridgehead atoms. The van der Waals surface area contributed by atoms with E-state index in [1.807, 2.05) is 18.2 Å². The van der Waals surface area contributed by atoms with Crippen LogP contribution in [0.15, 0.2) is 30.3 Å². The lowest BCUT2D eigenvalue weighted by molar-refractivity contribution is 0.187. The lowest BCUT2D eigenvalue weighted by Gasteiger charge is -2.10. The summed E-state index contributed by atoms with van der Waals surface area (Å²) < 4.78 is 4.52. The third-order valence-corrected chi connectivity index (χ3v) is 3.70. The van der Waals surface area contributed by atoms with E-state index in [-0.39, 0.29) is 5.92 Å². The van der Waals surface area contributed by atoms with Gasteiger partial charge in [0.1, 0.15) is 5.01 Å². The van der Waals surface area contributed by atoms with E-state index in [2.05, 4.69) is 39.3 Å². The van der Waals surface area contributed by atoms with E-state index < -0.39 is 6.09 Å². The smallest absolute Gasteiger partial charge is 0.413 e. The van der Waals surface area contributed by atoms with Gasteiger partial charge in [0.2, 0.25) is 5.13 Å². The summed E-state index contributed by atoms with van der Waals surface area (Å²) in [5.41, 5.74) is 1.20. The number of carbonyl (C=O) groups excluding carboxylic acids is 1. The van der Waals surface area contributed by atoms with Crippen molar-refractivity contribution in [3.05, 3.63) is 40.9 Å². The van der Waals surface area contributed by atoms with Gasteiger partial charge in [-0.25, -0.2) is 4.79 Å². The maximum Gasteiger partial charge on any atom is 0.413 e. The summed E-state index contributed by atoms with van der Waals surface area (Å²) in [4.78, 5) is 11.1. The van der Waals surface area contributed by atoms with Crippen molar-refractivity contribution >= 4 is 22.6 Å². The predicted molar refractivity (Wildman–Crippen MR) is 74.5 cm³/mol. The molecule has 1 aromatic heterocycles. The molecule has 1 aromatic carbocycles. The molecular formula is C13H15N3O2S. The second-order valence-electron chi connectivity index (χ2n) is 3.93. The van der Waals surface area contributed by atoms with Crippen molar-refractivity contribution in [2.24, 2.45) is 0 Å². The van der Waals surface area contributed by atoms with Crippen LogP contribution in [0.4, 0.5) is 9.93 Å². The van der Waals surface area contributed by atoms with Crippen molar-refractivity contribution < 1.29 is 9.53 Å². The number of hydrogen-bond donors (Lipinski definition) is 1. The summed E-state index contributed by atoms with van der Waals surface area (Å²) in [6.45, 7) is 2.10. The summed E-state index contributed by atoms with van der Waals surface area (Å²) in [5.74, 6) is 0.201. The largest absolute Gasteiger partial charge is 0.453 e. The molecule has 1 atom stereocenters. The van der Waals surface area contributed by atoms with Crippen LogP contribution in [0.2, 0.25) is 0 Å². The number of carbonyl (C=O) groups is 1. The molecule has 0 saturated heterocycles. The van der Waals surface area contributed by atoms with E-state index in [4.69, 9.17) is 0 Å². The topological polar surface area (TPSA) is 64.1 Å². The summed E-state index contributed by atoms with van der Waals surface area (Å²) >= 11 is 1.37. The zero-order valence-corrected chi connectivity index (χ0v) is 11.6. The van der Waals surface area contributed by atoms with Gasteiger partial charge in [-0.15, -0.1) is 10.2 Å². The quantitative estimate of drug-likeness (QED) is 0.931. The molecule has 5 nitrogen and oxygen atoms in total. The van der Waals surface area contributed by atoms with Gasteiger partial charge in [-0.05, 0) is 12.0 Å². The van der Waals surface area contributed by atoms with Crippen LogP contribution in [0.5, 0.6) is 0 Å². The van der Waals surface area contributed by atoms with Crippen LogP contribution in [0, 0.1) is 0 Å². The average molecular weight is 277 g/mol. The highest BCUT2D eigenvalue weighted by Crippen LogP contribution is 2.31. The van der Waals surface area contributed by atoms with Gasteiger partial charge < -0.3 is 4.74 Å². The summed E-state index contributed by atoms with van der Waals surface area (Å²) in [7, 11) is 1.32. The second-order valence-corrected chi connectivity index (χ2v) is 4.94. The van der Waals surface area contributed by atoms with Gasteiger partial charge in [-0.3, -0.25) is 5.32 Å². The Balaban J connectivity index is 2.18. The first-order valence-electron chi connectivity index (χ1n) is 5.98. The molecule has 1 amide bonds.